The van der Waals surface area contributed by atoms with Crippen molar-refractivity contribution in [2.24, 2.45) is 0 Å². The molecule has 0 radical (unpaired) electrons. The molecule has 0 spiro atoms. The van der Waals surface area contributed by atoms with E-state index >= 15 is 0 Å². The number of carbonyl (C=O) groups is 1. The summed E-state index contributed by atoms with van der Waals surface area (Å²) >= 11 is 0. The average Bonchev–Trinajstić information content (AvgIpc) is 2.91. The minimum Gasteiger partial charge on any atom is -0.381 e. The van der Waals surface area contributed by atoms with E-state index < -0.39 is 0 Å². The summed E-state index contributed by atoms with van der Waals surface area (Å²) in [5.74, 6) is 0.264. The highest BCUT2D eigenvalue weighted by Gasteiger charge is 2.45. The van der Waals surface area contributed by atoms with Crippen LogP contribution in [0.4, 0.5) is 9.18 Å². The quantitative estimate of drug-likeness (QED) is 0.817. The highest BCUT2D eigenvalue weighted by atomic mass is 19.1. The Labute approximate surface area is 148 Å². The minimum absolute atomic E-state index is 0.182. The van der Waals surface area contributed by atoms with Gasteiger partial charge in [0, 0.05) is 32.3 Å². The van der Waals surface area contributed by atoms with Crippen LogP contribution in [0.5, 0.6) is 0 Å². The first-order chi connectivity index (χ1) is 12.2. The van der Waals surface area contributed by atoms with Crippen LogP contribution in [0.2, 0.25) is 0 Å². The van der Waals surface area contributed by atoms with Gasteiger partial charge < -0.3 is 14.5 Å². The van der Waals surface area contributed by atoms with Crippen LogP contribution in [-0.2, 0) is 4.74 Å². The van der Waals surface area contributed by atoms with Crippen LogP contribution >= 0.6 is 0 Å². The van der Waals surface area contributed by atoms with Crippen LogP contribution < -0.4 is 0 Å². The van der Waals surface area contributed by atoms with Crippen LogP contribution in [0.3, 0.4) is 0 Å². The van der Waals surface area contributed by atoms with Gasteiger partial charge in [0.25, 0.3) is 0 Å². The monoisotopic (exact) mass is 346 g/mol. The van der Waals surface area contributed by atoms with Crippen LogP contribution in [0.25, 0.3) is 0 Å². The number of piperidine rings is 2. The van der Waals surface area contributed by atoms with E-state index in [2.05, 4.69) is 4.90 Å². The van der Waals surface area contributed by atoms with Crippen molar-refractivity contribution >= 4 is 6.03 Å². The molecule has 0 aliphatic carbocycles. The molecule has 2 unspecified atom stereocenters. The van der Waals surface area contributed by atoms with Gasteiger partial charge in [-0.05, 0) is 62.1 Å². The molecule has 1 aromatic carbocycles. The van der Waals surface area contributed by atoms with E-state index in [-0.39, 0.29) is 11.8 Å². The van der Waals surface area contributed by atoms with Gasteiger partial charge in [-0.15, -0.1) is 0 Å². The number of urea groups is 1. The number of rotatable bonds is 2. The fourth-order valence-corrected chi connectivity index (χ4v) is 4.94. The van der Waals surface area contributed by atoms with Gasteiger partial charge in [0.2, 0.25) is 0 Å². The highest BCUT2D eigenvalue weighted by molar-refractivity contribution is 5.76. The largest absolute Gasteiger partial charge is 0.381 e. The maximum atomic E-state index is 13.2. The van der Waals surface area contributed by atoms with Crippen molar-refractivity contribution < 1.29 is 13.9 Å². The molecule has 0 saturated carbocycles. The van der Waals surface area contributed by atoms with Gasteiger partial charge in [0.05, 0.1) is 6.10 Å². The zero-order valence-corrected chi connectivity index (χ0v) is 14.9. The molecule has 2 amide bonds. The molecule has 5 heteroatoms. The Morgan fingerprint density at radius 3 is 2.20 bits per heavy atom. The third-order valence-corrected chi connectivity index (χ3v) is 6.34. The second-order valence-electron chi connectivity index (χ2n) is 7.72. The highest BCUT2D eigenvalue weighted by Crippen LogP contribution is 2.43. The van der Waals surface area contributed by atoms with Gasteiger partial charge >= 0.3 is 6.03 Å². The molecule has 4 rings (SSSR count). The number of nitrogens with zero attached hydrogens (tertiary/aromatic N) is 2. The van der Waals surface area contributed by atoms with Gasteiger partial charge in [-0.25, -0.2) is 9.18 Å². The summed E-state index contributed by atoms with van der Waals surface area (Å²) < 4.78 is 18.6. The normalized spacial score (nSPS) is 29.9. The van der Waals surface area contributed by atoms with Crippen molar-refractivity contribution in [1.29, 1.82) is 0 Å². The first kappa shape index (κ1) is 16.8. The van der Waals surface area contributed by atoms with Crippen molar-refractivity contribution in [2.45, 2.75) is 62.6 Å². The van der Waals surface area contributed by atoms with E-state index in [1.54, 1.807) is 19.2 Å². The molecule has 0 aromatic heterocycles. The molecule has 3 saturated heterocycles. The molecule has 2 atom stereocenters. The zero-order chi connectivity index (χ0) is 17.4. The lowest BCUT2D eigenvalue weighted by Crippen LogP contribution is -2.54. The summed E-state index contributed by atoms with van der Waals surface area (Å²) in [6.07, 6.45) is 6.37. The number of fused-ring (bicyclic) bond motifs is 2. The fraction of sp³-hybridized carbons (Fsp3) is 0.650. The SMILES string of the molecule is COC1CCN(C(=O)N2C3CCC2CC(c2ccc(F)cc2)C3)CC1. The van der Waals surface area contributed by atoms with E-state index in [1.807, 2.05) is 17.0 Å². The Balaban J connectivity index is 1.42. The lowest BCUT2D eigenvalue weighted by Gasteiger charge is -2.43. The van der Waals surface area contributed by atoms with Crippen molar-refractivity contribution in [2.75, 3.05) is 20.2 Å². The maximum absolute atomic E-state index is 13.2. The van der Waals surface area contributed by atoms with Crippen LogP contribution in [0.1, 0.15) is 50.0 Å². The fourth-order valence-electron chi connectivity index (χ4n) is 4.94. The van der Waals surface area contributed by atoms with E-state index in [0.29, 0.717) is 24.1 Å². The Bertz CT molecular complexity index is 599. The molecule has 3 aliphatic rings. The smallest absolute Gasteiger partial charge is 0.320 e. The number of methoxy groups -OCH3 is 1. The van der Waals surface area contributed by atoms with Gasteiger partial charge in [-0.2, -0.15) is 0 Å². The summed E-state index contributed by atoms with van der Waals surface area (Å²) in [6.45, 7) is 1.60. The van der Waals surface area contributed by atoms with Crippen molar-refractivity contribution in [1.82, 2.24) is 9.80 Å². The van der Waals surface area contributed by atoms with E-state index in [4.69, 9.17) is 4.74 Å². The summed E-state index contributed by atoms with van der Waals surface area (Å²) in [5.41, 5.74) is 1.21. The van der Waals surface area contributed by atoms with Crippen LogP contribution in [0, 0.1) is 5.82 Å². The number of ether oxygens (including phenoxy) is 1. The van der Waals surface area contributed by atoms with Gasteiger partial charge in [-0.3, -0.25) is 0 Å². The van der Waals surface area contributed by atoms with Gasteiger partial charge in [0.15, 0.2) is 0 Å². The number of likely N-dealkylation sites (tertiary alicyclic amines) is 1. The predicted octanol–water partition coefficient (Wildman–Crippen LogP) is 3.77. The first-order valence-corrected chi connectivity index (χ1v) is 9.51. The molecule has 25 heavy (non-hydrogen) atoms. The van der Waals surface area contributed by atoms with Gasteiger partial charge in [0.1, 0.15) is 5.82 Å². The number of hydrogen-bond donors (Lipinski definition) is 0. The second-order valence-corrected chi connectivity index (χ2v) is 7.72. The Morgan fingerprint density at radius 1 is 1.04 bits per heavy atom. The molecule has 0 N–H and O–H groups in total. The molecular formula is C20H27FN2O2. The van der Waals surface area contributed by atoms with Crippen molar-refractivity contribution in [3.8, 4) is 0 Å². The number of carbonyl (C=O) groups excluding carboxylic acids is 1. The first-order valence-electron chi connectivity index (χ1n) is 9.51. The summed E-state index contributed by atoms with van der Waals surface area (Å²) in [7, 11) is 1.75. The Kier molecular flexibility index (Phi) is 4.67. The van der Waals surface area contributed by atoms with E-state index in [0.717, 1.165) is 51.6 Å². The standard InChI is InChI=1S/C20H27FN2O2/c1-25-19-8-10-22(11-9-19)20(24)23-17-6-7-18(23)13-15(12-17)14-2-4-16(21)5-3-14/h2-5,15,17-19H,6-13H2,1H3. The lowest BCUT2D eigenvalue weighted by atomic mass is 9.85. The summed E-state index contributed by atoms with van der Waals surface area (Å²) in [5, 5.41) is 0. The molecule has 136 valence electrons. The lowest BCUT2D eigenvalue weighted by molar-refractivity contribution is 0.0377. The molecule has 1 aromatic rings. The predicted molar refractivity (Wildman–Crippen MR) is 94.0 cm³/mol. The molecular weight excluding hydrogens is 319 g/mol. The summed E-state index contributed by atoms with van der Waals surface area (Å²) in [4.78, 5) is 17.2. The van der Waals surface area contributed by atoms with E-state index in [9.17, 15) is 9.18 Å². The van der Waals surface area contributed by atoms with Crippen LogP contribution in [-0.4, -0.2) is 54.2 Å². The molecule has 2 bridgehead atoms. The number of amides is 2. The molecule has 4 nitrogen and oxygen atoms in total. The van der Waals surface area contributed by atoms with Crippen molar-refractivity contribution in [3.63, 3.8) is 0 Å². The number of hydrogen-bond acceptors (Lipinski definition) is 2. The zero-order valence-electron chi connectivity index (χ0n) is 14.9. The van der Waals surface area contributed by atoms with Crippen molar-refractivity contribution in [3.05, 3.63) is 35.6 Å². The summed E-state index contributed by atoms with van der Waals surface area (Å²) in [6, 6.07) is 7.81. The maximum Gasteiger partial charge on any atom is 0.320 e. The Hall–Kier alpha value is -1.62. The minimum atomic E-state index is -0.182. The number of halogens is 1. The van der Waals surface area contributed by atoms with Gasteiger partial charge in [-0.1, -0.05) is 12.1 Å². The topological polar surface area (TPSA) is 32.8 Å². The third-order valence-electron chi connectivity index (χ3n) is 6.34. The van der Waals surface area contributed by atoms with Crippen LogP contribution in [0.15, 0.2) is 24.3 Å². The molecule has 3 fully saturated rings. The number of benzene rings is 1. The van der Waals surface area contributed by atoms with E-state index in [1.165, 1.54) is 5.56 Å². The molecule has 3 aliphatic heterocycles. The second kappa shape index (κ2) is 6.94. The Morgan fingerprint density at radius 2 is 1.64 bits per heavy atom. The third kappa shape index (κ3) is 3.26. The average molecular weight is 346 g/mol. The molecule has 3 heterocycles.